The molecule has 1 amide bonds. The van der Waals surface area contributed by atoms with E-state index in [4.69, 9.17) is 9.85 Å². The number of benzene rings is 2. The van der Waals surface area contributed by atoms with Crippen molar-refractivity contribution in [1.82, 2.24) is 14.4 Å². The van der Waals surface area contributed by atoms with Gasteiger partial charge in [0.1, 0.15) is 22.9 Å². The molecule has 0 saturated carbocycles. The van der Waals surface area contributed by atoms with E-state index in [1.54, 1.807) is 26.0 Å². The molecule has 2 aromatic heterocycles. The predicted molar refractivity (Wildman–Crippen MR) is 122 cm³/mol. The number of nitrogens with two attached hydrogens (primary N) is 1. The summed E-state index contributed by atoms with van der Waals surface area (Å²) in [4.78, 5) is 21.0. The van der Waals surface area contributed by atoms with Gasteiger partial charge in [-0.15, -0.1) is 0 Å². The van der Waals surface area contributed by atoms with Crippen molar-refractivity contribution in [1.29, 1.82) is 0 Å². The maximum absolute atomic E-state index is 13.0. The summed E-state index contributed by atoms with van der Waals surface area (Å²) in [5.41, 5.74) is 7.42. The number of aryl methyl sites for hydroxylation is 3. The van der Waals surface area contributed by atoms with Crippen LogP contribution in [0.3, 0.4) is 0 Å². The summed E-state index contributed by atoms with van der Waals surface area (Å²) in [7, 11) is 0. The van der Waals surface area contributed by atoms with E-state index in [0.29, 0.717) is 34.1 Å². The van der Waals surface area contributed by atoms with Crippen molar-refractivity contribution in [2.24, 2.45) is 0 Å². The molecule has 0 aliphatic carbocycles. The molecule has 34 heavy (non-hydrogen) atoms. The van der Waals surface area contributed by atoms with E-state index in [1.807, 2.05) is 0 Å². The first-order valence-electron chi connectivity index (χ1n) is 11.6. The topological polar surface area (TPSA) is 106 Å². The maximum Gasteiger partial charge on any atom is 0.416 e. The molecule has 2 aromatic carbocycles. The third-order valence-electron chi connectivity index (χ3n) is 5.39. The predicted octanol–water partition coefficient (Wildman–Crippen LogP) is 4.59. The number of hydrogen-bond donors (Lipinski definition) is 3. The number of nitrogen functional groups attached to an aromatic ring is 1. The van der Waals surface area contributed by atoms with Crippen LogP contribution >= 0.6 is 0 Å². The summed E-state index contributed by atoms with van der Waals surface area (Å²) in [6.07, 6.45) is -5.01. The van der Waals surface area contributed by atoms with E-state index in [1.165, 1.54) is 22.7 Å². The van der Waals surface area contributed by atoms with Gasteiger partial charge in [0, 0.05) is 27.3 Å². The lowest BCUT2D eigenvalue weighted by atomic mass is 10.0. The van der Waals surface area contributed by atoms with Crippen LogP contribution in [0, 0.1) is 20.7 Å². The molecule has 0 unspecified atom stereocenters. The van der Waals surface area contributed by atoms with Crippen molar-refractivity contribution >= 4 is 22.9 Å². The van der Waals surface area contributed by atoms with E-state index >= 15 is 0 Å². The second-order valence-corrected chi connectivity index (χ2v) is 7.80. The smallest absolute Gasteiger partial charge is 0.382 e. The number of nitrogens with one attached hydrogen (secondary N) is 1. The SMILES string of the molecule is [2H]C([2H])([2H])c1nc(-c2ccc(NC(=O)[C@@H](O)c3cccc(C(F)(F)F)c3)cc2C)c2c(N)ncc(C)n12. The van der Waals surface area contributed by atoms with Crippen LogP contribution in [0.5, 0.6) is 0 Å². The van der Waals surface area contributed by atoms with Gasteiger partial charge in [-0.05, 0) is 56.1 Å². The number of nitrogens with zero attached hydrogens (tertiary/aromatic N) is 3. The second kappa shape index (κ2) is 8.45. The van der Waals surface area contributed by atoms with Crippen LogP contribution in [-0.2, 0) is 11.0 Å². The molecule has 4 aromatic rings. The van der Waals surface area contributed by atoms with E-state index < -0.39 is 30.6 Å². The van der Waals surface area contributed by atoms with Gasteiger partial charge in [0.2, 0.25) is 0 Å². The van der Waals surface area contributed by atoms with Gasteiger partial charge in [-0.2, -0.15) is 13.2 Å². The number of aliphatic hydroxyl groups is 1. The number of amides is 1. The summed E-state index contributed by atoms with van der Waals surface area (Å²) in [5.74, 6) is -1.01. The first kappa shape index (κ1) is 19.5. The molecule has 0 bridgehead atoms. The van der Waals surface area contributed by atoms with Crippen molar-refractivity contribution in [2.75, 3.05) is 11.1 Å². The molecule has 0 radical (unpaired) electrons. The van der Waals surface area contributed by atoms with Crippen LogP contribution < -0.4 is 11.1 Å². The zero-order chi connectivity index (χ0) is 27.3. The van der Waals surface area contributed by atoms with Gasteiger partial charge >= 0.3 is 6.18 Å². The van der Waals surface area contributed by atoms with Gasteiger partial charge in [-0.1, -0.05) is 18.2 Å². The minimum atomic E-state index is -4.62. The lowest BCUT2D eigenvalue weighted by Crippen LogP contribution is -2.21. The Bertz CT molecular complexity index is 1520. The molecule has 4 rings (SSSR count). The first-order valence-corrected chi connectivity index (χ1v) is 10.1. The van der Waals surface area contributed by atoms with Gasteiger partial charge in [-0.25, -0.2) is 9.97 Å². The van der Waals surface area contributed by atoms with Crippen LogP contribution in [-0.4, -0.2) is 25.4 Å². The summed E-state index contributed by atoms with van der Waals surface area (Å²) in [6, 6.07) is 8.54. The maximum atomic E-state index is 13.0. The Morgan fingerprint density at radius 2 is 2.00 bits per heavy atom. The fourth-order valence-electron chi connectivity index (χ4n) is 3.72. The van der Waals surface area contributed by atoms with Gasteiger partial charge < -0.3 is 16.2 Å². The number of aromatic nitrogens is 3. The largest absolute Gasteiger partial charge is 0.416 e. The van der Waals surface area contributed by atoms with E-state index in [2.05, 4.69) is 15.3 Å². The van der Waals surface area contributed by atoms with Gasteiger partial charge in [-0.3, -0.25) is 9.20 Å². The standard InChI is InChI=1S/C24H22F3N5O2/c1-12-9-17(31-23(34)21(33)15-5-4-6-16(10-15)24(25,26)27)7-8-18(12)19-20-22(28)29-11-13(2)32(20)14(3)30-19/h4-11,21,33H,1-3H3,(H2,28,29)(H,31,34)/t21-/m0/s1/i3D3. The number of halogens is 3. The van der Waals surface area contributed by atoms with Gasteiger partial charge in [0.05, 0.1) is 5.56 Å². The Labute approximate surface area is 197 Å². The third kappa shape index (κ3) is 4.19. The Hall–Kier alpha value is -3.92. The van der Waals surface area contributed by atoms with Crippen LogP contribution in [0.1, 0.15) is 38.4 Å². The Balaban J connectivity index is 1.67. The monoisotopic (exact) mass is 472 g/mol. The van der Waals surface area contributed by atoms with Crippen LogP contribution in [0.15, 0.2) is 48.7 Å². The highest BCUT2D eigenvalue weighted by Gasteiger charge is 2.31. The lowest BCUT2D eigenvalue weighted by molar-refractivity contribution is -0.138. The molecule has 7 nitrogen and oxygen atoms in total. The molecular formula is C24H22F3N5O2. The number of carbonyl (C=O) groups excluding carboxylic acids is 1. The highest BCUT2D eigenvalue weighted by atomic mass is 19.4. The molecule has 0 aliphatic rings. The number of rotatable bonds is 4. The molecule has 0 saturated heterocycles. The number of imidazole rings is 1. The normalized spacial score (nSPS) is 14.4. The fourth-order valence-corrected chi connectivity index (χ4v) is 3.72. The molecule has 2 heterocycles. The zero-order valence-corrected chi connectivity index (χ0v) is 18.1. The number of alkyl halides is 3. The average molecular weight is 472 g/mol. The van der Waals surface area contributed by atoms with Crippen molar-refractivity contribution in [3.05, 3.63) is 76.9 Å². The molecule has 0 aliphatic heterocycles. The van der Waals surface area contributed by atoms with Gasteiger partial charge in [0.25, 0.3) is 5.91 Å². The molecule has 176 valence electrons. The zero-order valence-electron chi connectivity index (χ0n) is 21.1. The Morgan fingerprint density at radius 3 is 2.68 bits per heavy atom. The summed E-state index contributed by atoms with van der Waals surface area (Å²) < 4.78 is 64.0. The molecule has 0 fully saturated rings. The van der Waals surface area contributed by atoms with Crippen molar-refractivity contribution in [3.8, 4) is 11.3 Å². The third-order valence-corrected chi connectivity index (χ3v) is 5.39. The summed E-state index contributed by atoms with van der Waals surface area (Å²) in [5, 5.41) is 12.8. The Morgan fingerprint density at radius 1 is 1.24 bits per heavy atom. The lowest BCUT2D eigenvalue weighted by Gasteiger charge is -2.15. The molecule has 4 N–H and O–H groups in total. The minimum absolute atomic E-state index is 0.0876. The van der Waals surface area contributed by atoms with Crippen LogP contribution in [0.4, 0.5) is 24.7 Å². The van der Waals surface area contributed by atoms with E-state index in [9.17, 15) is 23.1 Å². The van der Waals surface area contributed by atoms with Gasteiger partial charge in [0.15, 0.2) is 6.10 Å². The highest BCUT2D eigenvalue weighted by Crippen LogP contribution is 2.33. The second-order valence-electron chi connectivity index (χ2n) is 7.80. The summed E-state index contributed by atoms with van der Waals surface area (Å²) in [6.45, 7) is 0.857. The number of fused-ring (bicyclic) bond motifs is 1. The van der Waals surface area contributed by atoms with Crippen molar-refractivity contribution < 1.29 is 27.2 Å². The molecular weight excluding hydrogens is 447 g/mol. The van der Waals surface area contributed by atoms with Crippen LogP contribution in [0.2, 0.25) is 0 Å². The van der Waals surface area contributed by atoms with Crippen molar-refractivity contribution in [2.45, 2.75) is 33.0 Å². The molecule has 0 spiro atoms. The van der Waals surface area contributed by atoms with Crippen LogP contribution in [0.25, 0.3) is 16.8 Å². The van der Waals surface area contributed by atoms with Crippen molar-refractivity contribution in [3.63, 3.8) is 0 Å². The quantitative estimate of drug-likeness (QED) is 0.403. The number of anilines is 2. The molecule has 1 atom stereocenters. The van der Waals surface area contributed by atoms with E-state index in [-0.39, 0.29) is 22.9 Å². The Kier molecular flexibility index (Phi) is 4.86. The molecule has 10 heteroatoms. The minimum Gasteiger partial charge on any atom is -0.382 e. The van der Waals surface area contributed by atoms with E-state index in [0.717, 1.165) is 12.1 Å². The number of hydrogen-bond acceptors (Lipinski definition) is 5. The highest BCUT2D eigenvalue weighted by molar-refractivity contribution is 5.95. The number of carbonyl (C=O) groups is 1. The average Bonchev–Trinajstić information content (AvgIpc) is 3.23. The summed E-state index contributed by atoms with van der Waals surface area (Å²) >= 11 is 0. The fraction of sp³-hybridized carbons (Fsp3) is 0.208. The number of aliphatic hydroxyl groups excluding tert-OH is 1. The first-order chi connectivity index (χ1) is 17.2.